The highest BCUT2D eigenvalue weighted by molar-refractivity contribution is 5.85. The van der Waals surface area contributed by atoms with Gasteiger partial charge in [-0.1, -0.05) is 84.9 Å². The van der Waals surface area contributed by atoms with Crippen molar-refractivity contribution in [2.24, 2.45) is 5.73 Å². The van der Waals surface area contributed by atoms with Gasteiger partial charge in [0.2, 0.25) is 5.91 Å². The Hall–Kier alpha value is -3.68. The van der Waals surface area contributed by atoms with Crippen LogP contribution in [0, 0.1) is 0 Å². The monoisotopic (exact) mass is 537 g/mol. The summed E-state index contributed by atoms with van der Waals surface area (Å²) in [6.07, 6.45) is 4.72. The first-order valence-electron chi connectivity index (χ1n) is 12.7. The van der Waals surface area contributed by atoms with Crippen molar-refractivity contribution in [1.29, 1.82) is 0 Å². The minimum atomic E-state index is -0.709. The van der Waals surface area contributed by atoms with E-state index >= 15 is 0 Å². The smallest absolute Gasteiger partial charge is 0.334 e. The van der Waals surface area contributed by atoms with Gasteiger partial charge in [0.15, 0.2) is 0 Å². The summed E-state index contributed by atoms with van der Waals surface area (Å²) in [4.78, 5) is 40.9. The Labute approximate surface area is 230 Å². The van der Waals surface area contributed by atoms with Gasteiger partial charge < -0.3 is 15.9 Å². The number of benzene rings is 3. The number of rotatable bonds is 13. The number of amides is 2. The molecule has 8 heteroatoms. The fraction of sp³-hybridized carbons (Fsp3) is 0.300. The van der Waals surface area contributed by atoms with Gasteiger partial charge in [0.1, 0.15) is 0 Å². The van der Waals surface area contributed by atoms with Gasteiger partial charge in [0, 0.05) is 6.54 Å². The van der Waals surface area contributed by atoms with Crippen LogP contribution in [-0.2, 0) is 44.9 Å². The molecule has 0 spiro atoms. The molecule has 2 amide bonds. The number of nitrogens with two attached hydrogens (primary N) is 1. The Kier molecular flexibility index (Phi) is 13.6. The van der Waals surface area contributed by atoms with Crippen molar-refractivity contribution in [3.63, 3.8) is 0 Å². The standard InChI is InChI=1S/C30H35N3O4.ClH/c31-27(21-25-13-5-2-6-14-25)30(36)32-20-19-29(35)37-33-28(34)22-26-17-15-24(16-18-26)12-8-7-11-23-9-3-1-4-10-23;/h1-6,9-10,13-18,27H,7-8,11-12,19-22,31H2,(H,32,36)(H,33,34);1H/t27-;/m0./s1. The number of halogens is 1. The van der Waals surface area contributed by atoms with Crippen LogP contribution in [0.1, 0.15) is 41.5 Å². The third-order valence-electron chi connectivity index (χ3n) is 5.95. The number of hydrogen-bond acceptors (Lipinski definition) is 5. The summed E-state index contributed by atoms with van der Waals surface area (Å²) in [6, 6.07) is 27.1. The molecule has 0 bridgehead atoms. The van der Waals surface area contributed by atoms with Crippen molar-refractivity contribution in [1.82, 2.24) is 10.8 Å². The van der Waals surface area contributed by atoms with Crippen LogP contribution in [0.5, 0.6) is 0 Å². The summed E-state index contributed by atoms with van der Waals surface area (Å²) < 4.78 is 0. The van der Waals surface area contributed by atoms with Crippen molar-refractivity contribution in [3.8, 4) is 0 Å². The lowest BCUT2D eigenvalue weighted by Gasteiger charge is -2.12. The molecular formula is C30H36ClN3O4. The normalized spacial score (nSPS) is 11.1. The van der Waals surface area contributed by atoms with E-state index in [1.165, 1.54) is 11.1 Å². The topological polar surface area (TPSA) is 111 Å². The molecule has 0 saturated heterocycles. The summed E-state index contributed by atoms with van der Waals surface area (Å²) in [5, 5.41) is 2.62. The third-order valence-corrected chi connectivity index (χ3v) is 5.95. The second-order valence-corrected chi connectivity index (χ2v) is 9.02. The molecule has 0 fully saturated rings. The minimum absolute atomic E-state index is 0. The summed E-state index contributed by atoms with van der Waals surface area (Å²) >= 11 is 0. The van der Waals surface area contributed by atoms with Gasteiger partial charge in [-0.15, -0.1) is 12.4 Å². The van der Waals surface area contributed by atoms with Crippen molar-refractivity contribution in [2.75, 3.05) is 6.54 Å². The fourth-order valence-corrected chi connectivity index (χ4v) is 3.89. The van der Waals surface area contributed by atoms with Gasteiger partial charge in [-0.25, -0.2) is 4.79 Å². The van der Waals surface area contributed by atoms with Crippen LogP contribution in [0.4, 0.5) is 0 Å². The summed E-state index contributed by atoms with van der Waals surface area (Å²) in [5.74, 6) is -1.41. The molecule has 0 aliphatic carbocycles. The zero-order chi connectivity index (χ0) is 26.3. The first-order valence-corrected chi connectivity index (χ1v) is 12.7. The molecule has 0 aromatic heterocycles. The van der Waals surface area contributed by atoms with Crippen LogP contribution >= 0.6 is 12.4 Å². The molecule has 0 aliphatic heterocycles. The van der Waals surface area contributed by atoms with Crippen LogP contribution in [-0.4, -0.2) is 30.4 Å². The number of nitrogens with one attached hydrogen (secondary N) is 2. The van der Waals surface area contributed by atoms with E-state index in [0.717, 1.165) is 36.8 Å². The average molecular weight is 538 g/mol. The highest BCUT2D eigenvalue weighted by atomic mass is 35.5. The van der Waals surface area contributed by atoms with E-state index in [2.05, 4.69) is 35.1 Å². The number of hydroxylamine groups is 1. The van der Waals surface area contributed by atoms with E-state index in [1.807, 2.05) is 60.7 Å². The van der Waals surface area contributed by atoms with E-state index in [1.54, 1.807) is 0 Å². The lowest BCUT2D eigenvalue weighted by atomic mass is 10.0. The zero-order valence-electron chi connectivity index (χ0n) is 21.4. The number of hydrogen-bond donors (Lipinski definition) is 3. The predicted molar refractivity (Wildman–Crippen MR) is 150 cm³/mol. The van der Waals surface area contributed by atoms with Crippen LogP contribution in [0.25, 0.3) is 0 Å². The molecule has 4 N–H and O–H groups in total. The lowest BCUT2D eigenvalue weighted by Crippen LogP contribution is -2.43. The SMILES string of the molecule is Cl.N[C@@H](Cc1ccccc1)C(=O)NCCC(=O)ONC(=O)Cc1ccc(CCCCc2ccccc2)cc1. The highest BCUT2D eigenvalue weighted by Crippen LogP contribution is 2.11. The molecule has 3 aromatic rings. The fourth-order valence-electron chi connectivity index (χ4n) is 3.89. The molecular weight excluding hydrogens is 502 g/mol. The van der Waals surface area contributed by atoms with E-state index in [-0.39, 0.29) is 37.7 Å². The van der Waals surface area contributed by atoms with Crippen LogP contribution in [0.2, 0.25) is 0 Å². The molecule has 7 nitrogen and oxygen atoms in total. The molecule has 1 atom stereocenters. The van der Waals surface area contributed by atoms with E-state index in [0.29, 0.717) is 6.42 Å². The van der Waals surface area contributed by atoms with Gasteiger partial charge in [0.25, 0.3) is 5.91 Å². The minimum Gasteiger partial charge on any atom is -0.354 e. The van der Waals surface area contributed by atoms with Crippen molar-refractivity contribution in [2.45, 2.75) is 51.0 Å². The quantitative estimate of drug-likeness (QED) is 0.226. The Morgan fingerprint density at radius 1 is 0.737 bits per heavy atom. The van der Waals surface area contributed by atoms with Gasteiger partial charge in [-0.2, -0.15) is 5.48 Å². The molecule has 0 unspecified atom stereocenters. The maximum Gasteiger partial charge on any atom is 0.334 e. The molecule has 0 aliphatic rings. The summed E-state index contributed by atoms with van der Waals surface area (Å²) in [6.45, 7) is 0.0723. The number of unbranched alkanes of at least 4 members (excludes halogenated alkanes) is 1. The molecule has 0 saturated carbocycles. The Balaban J connectivity index is 0.00000507. The van der Waals surface area contributed by atoms with Crippen molar-refractivity contribution < 1.29 is 19.2 Å². The third kappa shape index (κ3) is 11.6. The van der Waals surface area contributed by atoms with Crippen LogP contribution in [0.3, 0.4) is 0 Å². The average Bonchev–Trinajstić information content (AvgIpc) is 2.92. The Bertz CT molecular complexity index is 1130. The molecule has 0 radical (unpaired) electrons. The van der Waals surface area contributed by atoms with E-state index in [4.69, 9.17) is 10.6 Å². The summed E-state index contributed by atoms with van der Waals surface area (Å²) in [5.41, 5.74) is 12.5. The molecule has 38 heavy (non-hydrogen) atoms. The number of carbonyl (C=O) groups is 3. The highest BCUT2D eigenvalue weighted by Gasteiger charge is 2.15. The van der Waals surface area contributed by atoms with E-state index < -0.39 is 17.9 Å². The maximum atomic E-state index is 12.1. The largest absolute Gasteiger partial charge is 0.354 e. The first kappa shape index (κ1) is 30.5. The van der Waals surface area contributed by atoms with Crippen LogP contribution < -0.4 is 16.5 Å². The Morgan fingerprint density at radius 2 is 1.26 bits per heavy atom. The Morgan fingerprint density at radius 3 is 1.87 bits per heavy atom. The molecule has 0 heterocycles. The van der Waals surface area contributed by atoms with Gasteiger partial charge in [-0.05, 0) is 54.4 Å². The molecule has 3 rings (SSSR count). The number of carbonyl (C=O) groups excluding carboxylic acids is 3. The van der Waals surface area contributed by atoms with Gasteiger partial charge in [0.05, 0.1) is 18.9 Å². The van der Waals surface area contributed by atoms with Crippen molar-refractivity contribution >= 4 is 30.2 Å². The predicted octanol–water partition coefficient (Wildman–Crippen LogP) is 3.87. The summed E-state index contributed by atoms with van der Waals surface area (Å²) in [7, 11) is 0. The second-order valence-electron chi connectivity index (χ2n) is 9.02. The molecule has 202 valence electrons. The van der Waals surface area contributed by atoms with Gasteiger partial charge in [-0.3, -0.25) is 9.59 Å². The maximum absolute atomic E-state index is 12.1. The van der Waals surface area contributed by atoms with E-state index in [9.17, 15) is 14.4 Å². The van der Waals surface area contributed by atoms with Gasteiger partial charge >= 0.3 is 5.97 Å². The first-order chi connectivity index (χ1) is 18.0. The number of aryl methyl sites for hydroxylation is 2. The zero-order valence-corrected chi connectivity index (χ0v) is 22.3. The molecule has 3 aromatic carbocycles. The van der Waals surface area contributed by atoms with Crippen LogP contribution in [0.15, 0.2) is 84.9 Å². The second kappa shape index (κ2) is 16.9. The lowest BCUT2D eigenvalue weighted by molar-refractivity contribution is -0.158. The van der Waals surface area contributed by atoms with Crippen molar-refractivity contribution in [3.05, 3.63) is 107 Å².